The Labute approximate surface area is 106 Å². The Morgan fingerprint density at radius 3 is 2.65 bits per heavy atom. The molecule has 3 nitrogen and oxygen atoms in total. The van der Waals surface area contributed by atoms with Crippen LogP contribution >= 0.6 is 11.3 Å². The van der Waals surface area contributed by atoms with E-state index in [1.54, 1.807) is 30.2 Å². The summed E-state index contributed by atoms with van der Waals surface area (Å²) in [5.41, 5.74) is 1.25. The highest BCUT2D eigenvalue weighted by Gasteiger charge is 2.38. The first-order chi connectivity index (χ1) is 8.27. The lowest BCUT2D eigenvalue weighted by atomic mass is 9.87. The van der Waals surface area contributed by atoms with Gasteiger partial charge in [0, 0.05) is 24.6 Å². The number of Topliss-reactive ketones (excluding diaryl/α,β-unsaturated/α-hetero) is 1. The molecule has 0 aromatic carbocycles. The number of ketones is 1. The third-order valence-corrected chi connectivity index (χ3v) is 4.41. The van der Waals surface area contributed by atoms with Gasteiger partial charge in [-0.3, -0.25) is 9.78 Å². The smallest absolute Gasteiger partial charge is 0.169 e. The molecule has 0 bridgehead atoms. The number of ether oxygens (including phenoxy) is 1. The fourth-order valence-electron chi connectivity index (χ4n) is 2.55. The molecule has 0 unspecified atom stereocenters. The SMILES string of the molecule is COC1(C(=O)Cc2cncs2)CCCCCC1. The molecule has 1 aliphatic rings. The molecule has 0 saturated heterocycles. The van der Waals surface area contributed by atoms with E-state index in [1.165, 1.54) is 12.8 Å². The van der Waals surface area contributed by atoms with Gasteiger partial charge in [-0.15, -0.1) is 11.3 Å². The number of rotatable bonds is 4. The third-order valence-electron chi connectivity index (χ3n) is 3.63. The minimum atomic E-state index is -0.527. The second-order valence-corrected chi connectivity index (χ2v) is 5.65. The highest BCUT2D eigenvalue weighted by molar-refractivity contribution is 7.09. The van der Waals surface area contributed by atoms with Crippen molar-refractivity contribution in [3.05, 3.63) is 16.6 Å². The van der Waals surface area contributed by atoms with Crippen LogP contribution in [0.25, 0.3) is 0 Å². The van der Waals surface area contributed by atoms with Gasteiger partial charge in [0.1, 0.15) is 5.60 Å². The van der Waals surface area contributed by atoms with Gasteiger partial charge < -0.3 is 4.74 Å². The first-order valence-corrected chi connectivity index (χ1v) is 7.11. The lowest BCUT2D eigenvalue weighted by Crippen LogP contribution is -2.41. The molecular weight excluding hydrogens is 234 g/mol. The summed E-state index contributed by atoms with van der Waals surface area (Å²) in [6, 6.07) is 0. The van der Waals surface area contributed by atoms with Crippen molar-refractivity contribution in [2.24, 2.45) is 0 Å². The van der Waals surface area contributed by atoms with E-state index in [1.807, 2.05) is 0 Å². The Balaban J connectivity index is 2.07. The maximum absolute atomic E-state index is 12.4. The highest BCUT2D eigenvalue weighted by atomic mass is 32.1. The van der Waals surface area contributed by atoms with E-state index in [-0.39, 0.29) is 5.78 Å². The van der Waals surface area contributed by atoms with Crippen LogP contribution in [0.15, 0.2) is 11.7 Å². The maximum Gasteiger partial charge on any atom is 0.169 e. The second-order valence-electron chi connectivity index (χ2n) is 4.68. The van der Waals surface area contributed by atoms with E-state index in [2.05, 4.69) is 4.98 Å². The summed E-state index contributed by atoms with van der Waals surface area (Å²) in [6.45, 7) is 0. The molecule has 0 aliphatic heterocycles. The van der Waals surface area contributed by atoms with Crippen LogP contribution in [-0.2, 0) is 16.0 Å². The van der Waals surface area contributed by atoms with Crippen LogP contribution in [0.2, 0.25) is 0 Å². The number of hydrogen-bond donors (Lipinski definition) is 0. The van der Waals surface area contributed by atoms with Crippen molar-refractivity contribution in [2.45, 2.75) is 50.5 Å². The summed E-state index contributed by atoms with van der Waals surface area (Å²) in [4.78, 5) is 17.5. The zero-order chi connectivity index (χ0) is 12.1. The van der Waals surface area contributed by atoms with Crippen LogP contribution in [-0.4, -0.2) is 23.5 Å². The minimum Gasteiger partial charge on any atom is -0.370 e. The molecule has 1 saturated carbocycles. The lowest BCUT2D eigenvalue weighted by Gasteiger charge is -2.29. The van der Waals surface area contributed by atoms with E-state index in [4.69, 9.17) is 4.74 Å². The van der Waals surface area contributed by atoms with Crippen molar-refractivity contribution >= 4 is 17.1 Å². The van der Waals surface area contributed by atoms with Crippen molar-refractivity contribution in [1.29, 1.82) is 0 Å². The average molecular weight is 253 g/mol. The number of aromatic nitrogens is 1. The standard InChI is InChI=1S/C13H19NO2S/c1-16-13(6-4-2-3-5-7-13)12(15)8-11-9-14-10-17-11/h9-10H,2-8H2,1H3. The van der Waals surface area contributed by atoms with Gasteiger partial charge in [0.25, 0.3) is 0 Å². The van der Waals surface area contributed by atoms with Gasteiger partial charge in [0.05, 0.1) is 5.51 Å². The molecule has 94 valence electrons. The van der Waals surface area contributed by atoms with Crippen LogP contribution in [0.1, 0.15) is 43.4 Å². The first-order valence-electron chi connectivity index (χ1n) is 6.23. The summed E-state index contributed by atoms with van der Waals surface area (Å²) >= 11 is 1.54. The van der Waals surface area contributed by atoms with Crippen molar-refractivity contribution < 1.29 is 9.53 Å². The molecular formula is C13H19NO2S. The fourth-order valence-corrected chi connectivity index (χ4v) is 3.14. The average Bonchev–Trinajstić information content (AvgIpc) is 2.72. The minimum absolute atomic E-state index is 0.228. The number of nitrogens with zero attached hydrogens (tertiary/aromatic N) is 1. The molecule has 1 aromatic heterocycles. The summed E-state index contributed by atoms with van der Waals surface area (Å²) in [5.74, 6) is 0.228. The molecule has 0 N–H and O–H groups in total. The van der Waals surface area contributed by atoms with Crippen molar-refractivity contribution in [1.82, 2.24) is 4.98 Å². The highest BCUT2D eigenvalue weighted by Crippen LogP contribution is 2.32. The molecule has 0 spiro atoms. The van der Waals surface area contributed by atoms with Crippen LogP contribution in [0.5, 0.6) is 0 Å². The number of carbonyl (C=O) groups excluding carboxylic acids is 1. The van der Waals surface area contributed by atoms with Gasteiger partial charge in [-0.1, -0.05) is 25.7 Å². The zero-order valence-corrected chi connectivity index (χ0v) is 11.1. The van der Waals surface area contributed by atoms with Crippen LogP contribution < -0.4 is 0 Å². The Hall–Kier alpha value is -0.740. The second kappa shape index (κ2) is 5.74. The van der Waals surface area contributed by atoms with Crippen molar-refractivity contribution in [3.63, 3.8) is 0 Å². The van der Waals surface area contributed by atoms with Crippen molar-refractivity contribution in [3.8, 4) is 0 Å². The van der Waals surface area contributed by atoms with E-state index in [9.17, 15) is 4.79 Å². The summed E-state index contributed by atoms with van der Waals surface area (Å²) in [5, 5.41) is 0. The number of carbonyl (C=O) groups is 1. The fraction of sp³-hybridized carbons (Fsp3) is 0.692. The number of methoxy groups -OCH3 is 1. The zero-order valence-electron chi connectivity index (χ0n) is 10.3. The summed E-state index contributed by atoms with van der Waals surface area (Å²) in [6.07, 6.45) is 8.64. The van der Waals surface area contributed by atoms with Gasteiger partial charge in [-0.2, -0.15) is 0 Å². The quantitative estimate of drug-likeness (QED) is 0.774. The van der Waals surface area contributed by atoms with E-state index >= 15 is 0 Å². The van der Waals surface area contributed by atoms with Gasteiger partial charge >= 0.3 is 0 Å². The molecule has 17 heavy (non-hydrogen) atoms. The van der Waals surface area contributed by atoms with Crippen molar-refractivity contribution in [2.75, 3.05) is 7.11 Å². The third kappa shape index (κ3) is 2.93. The molecule has 1 heterocycles. The van der Waals surface area contributed by atoms with Gasteiger partial charge in [0.2, 0.25) is 0 Å². The molecule has 1 aromatic rings. The first kappa shape index (κ1) is 12.7. The monoisotopic (exact) mass is 253 g/mol. The Morgan fingerprint density at radius 1 is 1.41 bits per heavy atom. The van der Waals surface area contributed by atoms with Crippen LogP contribution in [0, 0.1) is 0 Å². The topological polar surface area (TPSA) is 39.2 Å². The number of hydrogen-bond acceptors (Lipinski definition) is 4. The van der Waals surface area contributed by atoms with Gasteiger partial charge in [0.15, 0.2) is 5.78 Å². The normalized spacial score (nSPS) is 19.8. The van der Waals surface area contributed by atoms with E-state index < -0.39 is 5.60 Å². The Morgan fingerprint density at radius 2 is 2.12 bits per heavy atom. The maximum atomic E-state index is 12.4. The van der Waals surface area contributed by atoms with Gasteiger partial charge in [-0.05, 0) is 12.8 Å². The Bertz CT molecular complexity index is 354. The molecule has 0 atom stereocenters. The van der Waals surface area contributed by atoms with E-state index in [0.29, 0.717) is 6.42 Å². The van der Waals surface area contributed by atoms with Gasteiger partial charge in [-0.25, -0.2) is 0 Å². The number of thiazole rings is 1. The summed E-state index contributed by atoms with van der Waals surface area (Å²) < 4.78 is 5.60. The largest absolute Gasteiger partial charge is 0.370 e. The molecule has 1 aliphatic carbocycles. The van der Waals surface area contributed by atoms with Crippen LogP contribution in [0.3, 0.4) is 0 Å². The molecule has 0 radical (unpaired) electrons. The molecule has 2 rings (SSSR count). The predicted octanol–water partition coefficient (Wildman–Crippen LogP) is 2.99. The van der Waals surface area contributed by atoms with E-state index in [0.717, 1.165) is 30.6 Å². The Kier molecular flexibility index (Phi) is 4.29. The predicted molar refractivity (Wildman–Crippen MR) is 68.3 cm³/mol. The molecule has 0 amide bonds. The lowest BCUT2D eigenvalue weighted by molar-refractivity contribution is -0.142. The summed E-state index contributed by atoms with van der Waals surface area (Å²) in [7, 11) is 1.68. The van der Waals surface area contributed by atoms with Crippen LogP contribution in [0.4, 0.5) is 0 Å². The molecule has 1 fully saturated rings. The molecule has 4 heteroatoms.